The van der Waals surface area contributed by atoms with E-state index in [0.717, 1.165) is 17.1 Å². The van der Waals surface area contributed by atoms with Crippen LogP contribution in [0.2, 0.25) is 0 Å². The summed E-state index contributed by atoms with van der Waals surface area (Å²) in [7, 11) is 1.72. The third-order valence-corrected chi connectivity index (χ3v) is 4.43. The van der Waals surface area contributed by atoms with E-state index >= 15 is 0 Å². The van der Waals surface area contributed by atoms with Crippen LogP contribution in [-0.2, 0) is 6.54 Å². The van der Waals surface area contributed by atoms with Crippen LogP contribution < -0.4 is 25.4 Å². The number of rotatable bonds is 5. The molecule has 31 heavy (non-hydrogen) atoms. The van der Waals surface area contributed by atoms with Crippen LogP contribution in [0.5, 0.6) is 11.5 Å². The van der Waals surface area contributed by atoms with Crippen LogP contribution in [0.1, 0.15) is 36.7 Å². The monoisotopic (exact) mass is 538 g/mol. The number of nitrogens with one attached hydrogen (secondary N) is 3. The van der Waals surface area contributed by atoms with E-state index in [1.54, 1.807) is 7.05 Å². The van der Waals surface area contributed by atoms with Crippen molar-refractivity contribution in [3.05, 3.63) is 59.7 Å². The van der Waals surface area contributed by atoms with Gasteiger partial charge in [-0.3, -0.25) is 9.79 Å². The third-order valence-electron chi connectivity index (χ3n) is 4.43. The van der Waals surface area contributed by atoms with Gasteiger partial charge in [0.25, 0.3) is 5.91 Å². The van der Waals surface area contributed by atoms with Crippen molar-refractivity contribution >= 4 is 35.8 Å². The average Bonchev–Trinajstić information content (AvgIpc) is 2.73. The third kappa shape index (κ3) is 7.61. The molecule has 3 N–H and O–H groups in total. The number of halogens is 1. The fourth-order valence-electron chi connectivity index (χ4n) is 3.02. The SMILES string of the molecule is CN=C(NCc1cccc(C(=O)NC(C)(C)C)c1)NCC1COc2ccccc2O1.I. The van der Waals surface area contributed by atoms with Crippen molar-refractivity contribution in [3.63, 3.8) is 0 Å². The van der Waals surface area contributed by atoms with Gasteiger partial charge in [0.2, 0.25) is 0 Å². The molecule has 2 aromatic rings. The smallest absolute Gasteiger partial charge is 0.251 e. The van der Waals surface area contributed by atoms with E-state index in [-0.39, 0.29) is 41.5 Å². The summed E-state index contributed by atoms with van der Waals surface area (Å²) in [6.07, 6.45) is -0.108. The number of nitrogens with zero attached hydrogens (tertiary/aromatic N) is 1. The van der Waals surface area contributed by atoms with Crippen LogP contribution in [0, 0.1) is 0 Å². The predicted molar refractivity (Wildman–Crippen MR) is 134 cm³/mol. The van der Waals surface area contributed by atoms with Gasteiger partial charge in [-0.05, 0) is 50.6 Å². The van der Waals surface area contributed by atoms with Crippen LogP contribution in [0.25, 0.3) is 0 Å². The number of amides is 1. The molecule has 0 aliphatic carbocycles. The Morgan fingerprint density at radius 3 is 2.55 bits per heavy atom. The maximum atomic E-state index is 12.4. The lowest BCUT2D eigenvalue weighted by molar-refractivity contribution is 0.0919. The summed E-state index contributed by atoms with van der Waals surface area (Å²) < 4.78 is 11.7. The van der Waals surface area contributed by atoms with Crippen LogP contribution in [0.3, 0.4) is 0 Å². The first-order valence-electron chi connectivity index (χ1n) is 10.1. The Kier molecular flexibility index (Phi) is 8.97. The average molecular weight is 538 g/mol. The van der Waals surface area contributed by atoms with Crippen LogP contribution >= 0.6 is 24.0 Å². The first-order chi connectivity index (χ1) is 14.3. The summed E-state index contributed by atoms with van der Waals surface area (Å²) in [5, 5.41) is 9.51. The Labute approximate surface area is 201 Å². The molecule has 0 spiro atoms. The topological polar surface area (TPSA) is 84.0 Å². The van der Waals surface area contributed by atoms with Gasteiger partial charge in [0.15, 0.2) is 17.5 Å². The molecule has 1 unspecified atom stereocenters. The van der Waals surface area contributed by atoms with Gasteiger partial charge in [-0.1, -0.05) is 24.3 Å². The zero-order chi connectivity index (χ0) is 21.6. The summed E-state index contributed by atoms with van der Waals surface area (Å²) in [6, 6.07) is 15.2. The number of benzene rings is 2. The molecule has 1 atom stereocenters. The van der Waals surface area contributed by atoms with Crippen molar-refractivity contribution in [1.82, 2.24) is 16.0 Å². The Bertz CT molecular complexity index is 912. The minimum atomic E-state index is -0.275. The van der Waals surface area contributed by atoms with E-state index in [4.69, 9.17) is 9.47 Å². The molecule has 1 amide bonds. The van der Waals surface area contributed by atoms with Gasteiger partial charge in [0.05, 0.1) is 6.54 Å². The largest absolute Gasteiger partial charge is 0.486 e. The number of ether oxygens (including phenoxy) is 2. The zero-order valence-electron chi connectivity index (χ0n) is 18.4. The molecule has 1 aliphatic heterocycles. The quantitative estimate of drug-likeness (QED) is 0.309. The van der Waals surface area contributed by atoms with Crippen molar-refractivity contribution in [3.8, 4) is 11.5 Å². The molecule has 7 nitrogen and oxygen atoms in total. The van der Waals surface area contributed by atoms with Gasteiger partial charge in [0, 0.05) is 24.7 Å². The molecule has 1 aliphatic rings. The molecular formula is C23H31IN4O3. The molecule has 0 bridgehead atoms. The fraction of sp³-hybridized carbons (Fsp3) is 0.391. The summed E-state index contributed by atoms with van der Waals surface area (Å²) in [6.45, 7) is 7.47. The van der Waals surface area contributed by atoms with E-state index in [1.165, 1.54) is 0 Å². The molecule has 168 valence electrons. The minimum absolute atomic E-state index is 0. The lowest BCUT2D eigenvalue weighted by Crippen LogP contribution is -2.45. The van der Waals surface area contributed by atoms with Gasteiger partial charge in [-0.15, -0.1) is 24.0 Å². The molecule has 1 heterocycles. The highest BCUT2D eigenvalue weighted by molar-refractivity contribution is 14.0. The van der Waals surface area contributed by atoms with Crippen molar-refractivity contribution in [2.45, 2.75) is 39.0 Å². The lowest BCUT2D eigenvalue weighted by Gasteiger charge is -2.27. The molecule has 0 saturated heterocycles. The number of aliphatic imine (C=N–C) groups is 1. The molecule has 3 rings (SSSR count). The van der Waals surface area contributed by atoms with Crippen molar-refractivity contribution in [2.24, 2.45) is 4.99 Å². The minimum Gasteiger partial charge on any atom is -0.486 e. The predicted octanol–water partition coefficient (Wildman–Crippen LogP) is 3.34. The number of carbonyl (C=O) groups is 1. The zero-order valence-corrected chi connectivity index (χ0v) is 20.7. The highest BCUT2D eigenvalue weighted by Crippen LogP contribution is 2.30. The Hall–Kier alpha value is -2.49. The van der Waals surface area contributed by atoms with E-state index in [1.807, 2.05) is 69.3 Å². The first kappa shape index (κ1) is 24.8. The molecule has 0 radical (unpaired) electrons. The van der Waals surface area contributed by atoms with Crippen molar-refractivity contribution in [2.75, 3.05) is 20.2 Å². The molecule has 8 heteroatoms. The fourth-order valence-corrected chi connectivity index (χ4v) is 3.02. The molecule has 0 saturated carbocycles. The van der Waals surface area contributed by atoms with E-state index < -0.39 is 0 Å². The van der Waals surface area contributed by atoms with Gasteiger partial charge in [-0.25, -0.2) is 0 Å². The number of guanidine groups is 1. The first-order valence-corrected chi connectivity index (χ1v) is 10.1. The molecular weight excluding hydrogens is 507 g/mol. The van der Waals surface area contributed by atoms with Gasteiger partial charge in [-0.2, -0.15) is 0 Å². The van der Waals surface area contributed by atoms with E-state index in [2.05, 4.69) is 20.9 Å². The maximum absolute atomic E-state index is 12.4. The van der Waals surface area contributed by atoms with Crippen molar-refractivity contribution in [1.29, 1.82) is 0 Å². The van der Waals surface area contributed by atoms with Gasteiger partial charge in [0.1, 0.15) is 12.7 Å². The highest BCUT2D eigenvalue weighted by atomic mass is 127. The maximum Gasteiger partial charge on any atom is 0.251 e. The molecule has 0 fully saturated rings. The highest BCUT2D eigenvalue weighted by Gasteiger charge is 2.20. The number of hydrogen-bond acceptors (Lipinski definition) is 4. The van der Waals surface area contributed by atoms with Gasteiger partial charge >= 0.3 is 0 Å². The standard InChI is InChI=1S/C23H30N4O3.HI/c1-23(2,3)27-21(28)17-9-7-8-16(12-17)13-25-22(24-4)26-14-18-15-29-19-10-5-6-11-20(19)30-18;/h5-12,18H,13-15H2,1-4H3,(H,27,28)(H2,24,25,26);1H. The lowest BCUT2D eigenvalue weighted by atomic mass is 10.1. The second kappa shape index (κ2) is 11.2. The summed E-state index contributed by atoms with van der Waals surface area (Å²) >= 11 is 0. The molecule has 0 aromatic heterocycles. The Morgan fingerprint density at radius 1 is 1.10 bits per heavy atom. The summed E-state index contributed by atoms with van der Waals surface area (Å²) in [4.78, 5) is 16.6. The summed E-state index contributed by atoms with van der Waals surface area (Å²) in [5.41, 5.74) is 1.35. The second-order valence-electron chi connectivity index (χ2n) is 8.21. The van der Waals surface area contributed by atoms with E-state index in [0.29, 0.717) is 31.2 Å². The van der Waals surface area contributed by atoms with Crippen molar-refractivity contribution < 1.29 is 14.3 Å². The number of carbonyl (C=O) groups excluding carboxylic acids is 1. The normalized spacial score (nSPS) is 15.5. The van der Waals surface area contributed by atoms with Crippen LogP contribution in [0.4, 0.5) is 0 Å². The molecule has 2 aromatic carbocycles. The number of hydrogen-bond donors (Lipinski definition) is 3. The Morgan fingerprint density at radius 2 is 1.84 bits per heavy atom. The van der Waals surface area contributed by atoms with Gasteiger partial charge < -0.3 is 25.4 Å². The summed E-state index contributed by atoms with van der Waals surface area (Å²) in [5.74, 6) is 2.10. The Balaban J connectivity index is 0.00000341. The van der Waals surface area contributed by atoms with E-state index in [9.17, 15) is 4.79 Å². The van der Waals surface area contributed by atoms with Crippen LogP contribution in [0.15, 0.2) is 53.5 Å². The van der Waals surface area contributed by atoms with Crippen LogP contribution in [-0.4, -0.2) is 43.7 Å². The number of fused-ring (bicyclic) bond motifs is 1. The number of para-hydroxylation sites is 2. The second-order valence-corrected chi connectivity index (χ2v) is 8.21.